The van der Waals surface area contributed by atoms with Crippen molar-refractivity contribution in [3.8, 4) is 45.5 Å². The quantitative estimate of drug-likeness (QED) is 0.0503. The Bertz CT molecular complexity index is 5020. The Hall–Kier alpha value is -10.9. The van der Waals surface area contributed by atoms with E-state index in [1.165, 1.54) is 61.8 Å². The number of hydrogen-bond donors (Lipinski definition) is 4. The lowest BCUT2D eigenvalue weighted by atomic mass is 9.93. The highest BCUT2D eigenvalue weighted by atomic mass is 35.5. The molecule has 9 aromatic rings. The van der Waals surface area contributed by atoms with E-state index in [2.05, 4.69) is 48.1 Å². The minimum Gasteiger partial charge on any atom is -0.380 e. The fraction of sp³-hybridized carbons (Fsp3) is 0.341. The fourth-order valence-electron chi connectivity index (χ4n) is 15.7. The third-order valence-electron chi connectivity index (χ3n) is 22.1. The highest BCUT2D eigenvalue weighted by Crippen LogP contribution is 2.39. The molecule has 9 aromatic carbocycles. The molecule has 2 aliphatic carbocycles. The van der Waals surface area contributed by atoms with Crippen LogP contribution in [-0.2, 0) is 21.9 Å². The lowest BCUT2D eigenvalue weighted by molar-refractivity contribution is -0.140. The van der Waals surface area contributed by atoms with Crippen molar-refractivity contribution in [2.45, 2.75) is 115 Å². The van der Waals surface area contributed by atoms with Crippen molar-refractivity contribution in [3.05, 3.63) is 244 Å². The van der Waals surface area contributed by atoms with Crippen LogP contribution >= 0.6 is 23.2 Å². The average molecular weight is 1660 g/mol. The van der Waals surface area contributed by atoms with Gasteiger partial charge in [-0.15, -0.1) is 0 Å². The molecular formula is C91H92Cl2F8N12O5. The van der Waals surface area contributed by atoms with Crippen LogP contribution in [0, 0.1) is 46.1 Å². The lowest BCUT2D eigenvalue weighted by Gasteiger charge is -2.40. The van der Waals surface area contributed by atoms with Crippen LogP contribution in [0.5, 0.6) is 0 Å². The summed E-state index contributed by atoms with van der Waals surface area (Å²) in [4.78, 5) is 64.1. The van der Waals surface area contributed by atoms with Crippen LogP contribution in [0.25, 0.3) is 33.4 Å². The first kappa shape index (κ1) is 86.4. The van der Waals surface area contributed by atoms with Crippen LogP contribution in [0.15, 0.2) is 200 Å². The third-order valence-corrected chi connectivity index (χ3v) is 22.6. The number of hydrogen-bond acceptors (Lipinski definition) is 10. The Kier molecular flexibility index (Phi) is 29.3. The zero-order valence-corrected chi connectivity index (χ0v) is 66.9. The van der Waals surface area contributed by atoms with E-state index in [0.717, 1.165) is 134 Å². The topological polar surface area (TPSA) is 193 Å². The number of carbonyl (C=O) groups excluding carboxylic acids is 4. The van der Waals surface area contributed by atoms with E-state index in [1.807, 2.05) is 89.8 Å². The summed E-state index contributed by atoms with van der Waals surface area (Å²) < 4.78 is 112. The van der Waals surface area contributed by atoms with Gasteiger partial charge in [0.2, 0.25) is 5.91 Å². The van der Waals surface area contributed by atoms with Gasteiger partial charge >= 0.3 is 30.4 Å². The zero-order chi connectivity index (χ0) is 83.6. The summed E-state index contributed by atoms with van der Waals surface area (Å²) in [6, 6.07) is 57.9. The molecule has 118 heavy (non-hydrogen) atoms. The predicted molar refractivity (Wildman–Crippen MR) is 448 cm³/mol. The van der Waals surface area contributed by atoms with Gasteiger partial charge in [0.15, 0.2) is 0 Å². The molecule has 0 radical (unpaired) electrons. The summed E-state index contributed by atoms with van der Waals surface area (Å²) in [6.07, 6.45) is 3.76. The fourth-order valence-corrected chi connectivity index (χ4v) is 16.2. The minimum absolute atomic E-state index is 0.0752. The first-order valence-electron chi connectivity index (χ1n) is 39.6. The molecule has 3 aliphatic heterocycles. The van der Waals surface area contributed by atoms with E-state index in [0.29, 0.717) is 94.1 Å². The van der Waals surface area contributed by atoms with Crippen molar-refractivity contribution in [3.63, 3.8) is 0 Å². The molecule has 5 fully saturated rings. The number of anilines is 7. The molecular weight excluding hydrogens is 1560 g/mol. The summed E-state index contributed by atoms with van der Waals surface area (Å²) in [5, 5.41) is 30.2. The molecule has 7 amide bonds. The third kappa shape index (κ3) is 23.9. The van der Waals surface area contributed by atoms with Gasteiger partial charge in [-0.2, -0.15) is 36.9 Å². The van der Waals surface area contributed by atoms with Crippen molar-refractivity contribution in [1.29, 1.82) is 10.5 Å². The first-order valence-corrected chi connectivity index (χ1v) is 40.4. The molecule has 0 spiro atoms. The Morgan fingerprint density at radius 3 is 1.42 bits per heavy atom. The van der Waals surface area contributed by atoms with Gasteiger partial charge in [-0.25, -0.2) is 23.2 Å². The number of amides is 7. The molecule has 616 valence electrons. The summed E-state index contributed by atoms with van der Waals surface area (Å²) in [6.45, 7) is 9.43. The van der Waals surface area contributed by atoms with E-state index >= 15 is 0 Å². The second kappa shape index (κ2) is 40.0. The van der Waals surface area contributed by atoms with Gasteiger partial charge in [0, 0.05) is 128 Å². The van der Waals surface area contributed by atoms with E-state index < -0.39 is 47.2 Å². The Labute approximate surface area is 692 Å². The molecule has 0 unspecified atom stereocenters. The molecule has 0 bridgehead atoms. The maximum atomic E-state index is 13.8. The Morgan fingerprint density at radius 2 is 0.941 bits per heavy atom. The largest absolute Gasteiger partial charge is 0.419 e. The van der Waals surface area contributed by atoms with E-state index in [-0.39, 0.29) is 42.0 Å². The second-order valence-electron chi connectivity index (χ2n) is 30.4. The van der Waals surface area contributed by atoms with Crippen molar-refractivity contribution in [2.75, 3.05) is 109 Å². The number of benzene rings is 9. The van der Waals surface area contributed by atoms with Gasteiger partial charge in [-0.05, 0) is 250 Å². The lowest BCUT2D eigenvalue weighted by Crippen LogP contribution is -2.50. The molecule has 17 nitrogen and oxygen atoms in total. The van der Waals surface area contributed by atoms with Gasteiger partial charge in [-0.1, -0.05) is 109 Å². The van der Waals surface area contributed by atoms with Crippen molar-refractivity contribution in [2.24, 2.45) is 11.8 Å². The van der Waals surface area contributed by atoms with Crippen molar-refractivity contribution >= 4 is 87.0 Å². The molecule has 3 saturated heterocycles. The number of nitrogens with zero attached hydrogens (tertiary/aromatic N) is 8. The van der Waals surface area contributed by atoms with E-state index in [9.17, 15) is 59.6 Å². The van der Waals surface area contributed by atoms with Gasteiger partial charge in [0.05, 0.1) is 40.5 Å². The zero-order valence-electron chi connectivity index (χ0n) is 65.4. The Balaban J connectivity index is 0.000000163. The molecule has 0 aromatic heterocycles. The number of likely N-dealkylation sites (tertiary alicyclic amines) is 3. The van der Waals surface area contributed by atoms with Crippen LogP contribution in [0.1, 0.15) is 106 Å². The van der Waals surface area contributed by atoms with Crippen LogP contribution in [-0.4, -0.2) is 129 Å². The van der Waals surface area contributed by atoms with Crippen LogP contribution in [0.4, 0.5) is 89.3 Å². The van der Waals surface area contributed by atoms with Crippen molar-refractivity contribution in [1.82, 2.24) is 14.7 Å². The van der Waals surface area contributed by atoms with Crippen LogP contribution in [0.2, 0.25) is 10.0 Å². The number of halogens is 10. The number of nitrogens with one attached hydrogen (secondary N) is 4. The summed E-state index contributed by atoms with van der Waals surface area (Å²) in [5.74, 6) is -1.62. The van der Waals surface area contributed by atoms with Gasteiger partial charge in [0.1, 0.15) is 11.6 Å². The maximum Gasteiger partial charge on any atom is 0.419 e. The normalized spacial score (nSPS) is 16.2. The number of carbonyl (C=O) groups is 4. The summed E-state index contributed by atoms with van der Waals surface area (Å²) in [5.41, 5.74) is 6.53. The summed E-state index contributed by atoms with van der Waals surface area (Å²) in [7, 11) is 1.65. The monoisotopic (exact) mass is 1650 g/mol. The first-order chi connectivity index (χ1) is 56.7. The highest BCUT2D eigenvalue weighted by Gasteiger charge is 2.38. The van der Waals surface area contributed by atoms with Gasteiger partial charge in [0.25, 0.3) is 0 Å². The van der Waals surface area contributed by atoms with E-state index in [4.69, 9.17) is 33.2 Å². The summed E-state index contributed by atoms with van der Waals surface area (Å²) >= 11 is 12.4. The molecule has 1 atom stereocenters. The number of rotatable bonds is 21. The molecule has 5 aliphatic rings. The molecule has 3 heterocycles. The molecule has 2 saturated carbocycles. The number of nitriles is 2. The van der Waals surface area contributed by atoms with Gasteiger partial charge < -0.3 is 35.8 Å². The standard InChI is InChI=1S/C32H32F4N4O.C31H34Cl2N4O2.C28H26F4N4O2/c33-30-11-8-27(19-29(30)32(34,35)36)38-31(41)40(17-14-22-12-15-39(16-13-22)21-23-4-5-23)28-9-6-25(7-10-28)26-3-1-2-24(18-26)20-37;1-21(38)34-26-6-4-5-23(17-26)22-9-11-29(12-10-22)37(31(39)35-27-19-24(32)18-25(33)20-27)30-13-15-36(16-14-30)28-7-2-3-8-28;1-38-24-11-12-35(18-24)13-14-36(27(37)34-22-7-10-26(29)25(16-22)28(30,31)32)23-8-5-20(6-9-23)21-4-2-3-19(15-21)17-33/h1-3,6-11,18-19,22-23H,4-5,12-17,21H2,(H,38,41);4-6,9-12,17-20,28,30H,2-3,7-8,13-16H2,1H3,(H,34,38)(H,35,39);2-10,15-16,24H,11-14,18H2,1H3,(H,34,37)/t;;24-/m..1/s1. The van der Waals surface area contributed by atoms with Crippen molar-refractivity contribution < 1.29 is 59.0 Å². The number of methoxy groups -OCH3 is 1. The molecule has 14 rings (SSSR count). The predicted octanol–water partition coefficient (Wildman–Crippen LogP) is 22.1. The number of urea groups is 3. The number of piperidine rings is 2. The highest BCUT2D eigenvalue weighted by molar-refractivity contribution is 6.35. The van der Waals surface area contributed by atoms with Gasteiger partial charge in [-0.3, -0.25) is 24.4 Å². The SMILES string of the molecule is CC(=O)Nc1cccc(-c2ccc(N(C(=O)Nc3cc(Cl)cc(Cl)c3)C3CCN(C4CCCC4)CC3)cc2)c1.CO[C@@H]1CCN(CCN(C(=O)Nc2ccc(F)c(C(F)(F)F)c2)c2ccc(-c3cccc(C#N)c3)cc2)C1.N#Cc1cccc(-c2ccc(N(CCC3CCN(CC4CC4)CC3)C(=O)Nc3ccc(F)c(C(F)(F)F)c3)cc2)c1. The van der Waals surface area contributed by atoms with Crippen LogP contribution < -0.4 is 36.0 Å². The number of alkyl halides is 6. The second-order valence-corrected chi connectivity index (χ2v) is 31.3. The average Bonchev–Trinajstić information content (AvgIpc) is 0.982. The Morgan fingerprint density at radius 1 is 0.475 bits per heavy atom. The number of ether oxygens (including phenoxy) is 1. The minimum atomic E-state index is -4.89. The molecule has 27 heteroatoms. The van der Waals surface area contributed by atoms with E-state index in [1.54, 1.807) is 86.0 Å². The van der Waals surface area contributed by atoms with Crippen LogP contribution in [0.3, 0.4) is 0 Å². The maximum absolute atomic E-state index is 13.8. The smallest absolute Gasteiger partial charge is 0.380 e. The molecule has 4 N–H and O–H groups in total.